The molecule has 0 aromatic rings. The monoisotopic (exact) mass is 244 g/mol. The van der Waals surface area contributed by atoms with E-state index in [0.717, 1.165) is 25.9 Å². The van der Waals surface area contributed by atoms with Gasteiger partial charge in [-0.15, -0.1) is 0 Å². The summed E-state index contributed by atoms with van der Waals surface area (Å²) in [7, 11) is 0. The molecule has 0 saturated carbocycles. The maximum atomic E-state index is 11.8. The lowest BCUT2D eigenvalue weighted by Crippen LogP contribution is -2.53. The predicted octanol–water partition coefficient (Wildman–Crippen LogP) is 0.968. The van der Waals surface area contributed by atoms with E-state index in [9.17, 15) is 4.79 Å². The molecule has 0 spiro atoms. The zero-order valence-electron chi connectivity index (χ0n) is 11.0. The van der Waals surface area contributed by atoms with Gasteiger partial charge in [0.1, 0.15) is 5.60 Å². The van der Waals surface area contributed by atoms with Gasteiger partial charge in [0, 0.05) is 19.1 Å². The second kappa shape index (κ2) is 6.21. The number of carbonyl (C=O) groups is 1. The molecule has 5 heteroatoms. The van der Waals surface area contributed by atoms with Crippen molar-refractivity contribution in [2.45, 2.75) is 45.3 Å². The summed E-state index contributed by atoms with van der Waals surface area (Å²) in [5.74, 6) is 0. The Bertz CT molecular complexity index is 251. The van der Waals surface area contributed by atoms with Gasteiger partial charge in [-0.2, -0.15) is 0 Å². The van der Waals surface area contributed by atoms with Crippen LogP contribution in [-0.4, -0.2) is 54.0 Å². The molecule has 1 heterocycles. The van der Waals surface area contributed by atoms with E-state index in [1.807, 2.05) is 20.8 Å². The summed E-state index contributed by atoms with van der Waals surface area (Å²) in [6.45, 7) is 8.01. The Labute approximate surface area is 103 Å². The van der Waals surface area contributed by atoms with Gasteiger partial charge in [0.25, 0.3) is 0 Å². The highest BCUT2D eigenvalue weighted by Crippen LogP contribution is 2.23. The number of nitrogens with zero attached hydrogens (tertiary/aromatic N) is 1. The lowest BCUT2D eigenvalue weighted by molar-refractivity contribution is -0.00653. The average Bonchev–Trinajstić information content (AvgIpc) is 2.12. The van der Waals surface area contributed by atoms with Crippen molar-refractivity contribution in [3.05, 3.63) is 0 Å². The molecule has 0 aromatic carbocycles. The maximum Gasteiger partial charge on any atom is 0.410 e. The van der Waals surface area contributed by atoms with E-state index in [0.29, 0.717) is 6.54 Å². The predicted molar refractivity (Wildman–Crippen MR) is 65.9 cm³/mol. The first-order chi connectivity index (χ1) is 7.94. The second-order valence-electron chi connectivity index (χ2n) is 5.38. The fourth-order valence-corrected chi connectivity index (χ4v) is 1.77. The Morgan fingerprint density at radius 2 is 2.18 bits per heavy atom. The Hall–Kier alpha value is -0.810. The summed E-state index contributed by atoms with van der Waals surface area (Å²) < 4.78 is 5.33. The van der Waals surface area contributed by atoms with Crippen molar-refractivity contribution in [3.8, 4) is 0 Å². The fourth-order valence-electron chi connectivity index (χ4n) is 1.77. The number of carbonyl (C=O) groups excluding carboxylic acids is 1. The summed E-state index contributed by atoms with van der Waals surface area (Å²) in [6, 6.07) is 0.288. The standard InChI is InChI=1S/C12H24N2O3/c1-12(2,3)17-11(16)14-8-5-10(14)4-6-13-7-9-15/h10,13,15H,4-9H2,1-3H3. The van der Waals surface area contributed by atoms with Crippen molar-refractivity contribution in [1.82, 2.24) is 10.2 Å². The average molecular weight is 244 g/mol. The Balaban J connectivity index is 2.23. The molecule has 1 aliphatic heterocycles. The van der Waals surface area contributed by atoms with E-state index in [1.165, 1.54) is 0 Å². The zero-order chi connectivity index (χ0) is 12.9. The van der Waals surface area contributed by atoms with Crippen LogP contribution in [0.4, 0.5) is 4.79 Å². The van der Waals surface area contributed by atoms with Crippen molar-refractivity contribution >= 4 is 6.09 Å². The van der Waals surface area contributed by atoms with Gasteiger partial charge in [0.05, 0.1) is 6.61 Å². The summed E-state index contributed by atoms with van der Waals surface area (Å²) in [4.78, 5) is 13.6. The van der Waals surface area contributed by atoms with E-state index in [4.69, 9.17) is 9.84 Å². The molecule has 100 valence electrons. The van der Waals surface area contributed by atoms with Crippen LogP contribution in [0.15, 0.2) is 0 Å². The molecule has 17 heavy (non-hydrogen) atoms. The van der Waals surface area contributed by atoms with Crippen molar-refractivity contribution in [1.29, 1.82) is 0 Å². The minimum atomic E-state index is -0.424. The molecule has 1 rings (SSSR count). The van der Waals surface area contributed by atoms with Gasteiger partial charge in [-0.05, 0) is 40.2 Å². The number of ether oxygens (including phenoxy) is 1. The van der Waals surface area contributed by atoms with Crippen LogP contribution >= 0.6 is 0 Å². The van der Waals surface area contributed by atoms with Crippen LogP contribution in [0, 0.1) is 0 Å². The lowest BCUT2D eigenvalue weighted by Gasteiger charge is -2.41. The van der Waals surface area contributed by atoms with Gasteiger partial charge in [-0.25, -0.2) is 4.79 Å². The highest BCUT2D eigenvalue weighted by molar-refractivity contribution is 5.69. The number of likely N-dealkylation sites (tertiary alicyclic amines) is 1. The van der Waals surface area contributed by atoms with Crippen LogP contribution in [0.1, 0.15) is 33.6 Å². The first-order valence-electron chi connectivity index (χ1n) is 6.25. The number of hydrogen-bond donors (Lipinski definition) is 2. The maximum absolute atomic E-state index is 11.8. The van der Waals surface area contributed by atoms with Crippen LogP contribution in [0.2, 0.25) is 0 Å². The first-order valence-corrected chi connectivity index (χ1v) is 6.25. The number of rotatable bonds is 5. The smallest absolute Gasteiger partial charge is 0.410 e. The molecule has 1 atom stereocenters. The third-order valence-corrected chi connectivity index (χ3v) is 2.71. The van der Waals surface area contributed by atoms with Gasteiger partial charge in [0.2, 0.25) is 0 Å². The van der Waals surface area contributed by atoms with E-state index < -0.39 is 5.60 Å². The molecular formula is C12H24N2O3. The third-order valence-electron chi connectivity index (χ3n) is 2.71. The van der Waals surface area contributed by atoms with Gasteiger partial charge < -0.3 is 20.1 Å². The number of aliphatic hydroxyl groups is 1. The number of hydrogen-bond acceptors (Lipinski definition) is 4. The molecule has 1 unspecified atom stereocenters. The molecule has 0 aliphatic carbocycles. The van der Waals surface area contributed by atoms with Crippen LogP contribution in [-0.2, 0) is 4.74 Å². The van der Waals surface area contributed by atoms with E-state index in [1.54, 1.807) is 4.90 Å². The molecule has 1 aliphatic rings. The van der Waals surface area contributed by atoms with Gasteiger partial charge in [-0.1, -0.05) is 0 Å². The minimum absolute atomic E-state index is 0.153. The minimum Gasteiger partial charge on any atom is -0.444 e. The molecule has 2 N–H and O–H groups in total. The molecule has 1 fully saturated rings. The summed E-state index contributed by atoms with van der Waals surface area (Å²) >= 11 is 0. The van der Waals surface area contributed by atoms with E-state index >= 15 is 0 Å². The molecular weight excluding hydrogens is 220 g/mol. The van der Waals surface area contributed by atoms with Gasteiger partial charge in [0.15, 0.2) is 0 Å². The highest BCUT2D eigenvalue weighted by Gasteiger charge is 2.34. The van der Waals surface area contributed by atoms with Crippen molar-refractivity contribution in [3.63, 3.8) is 0 Å². The van der Waals surface area contributed by atoms with Gasteiger partial charge in [-0.3, -0.25) is 0 Å². The molecule has 5 nitrogen and oxygen atoms in total. The van der Waals surface area contributed by atoms with Crippen LogP contribution < -0.4 is 5.32 Å². The van der Waals surface area contributed by atoms with E-state index in [-0.39, 0.29) is 18.7 Å². The van der Waals surface area contributed by atoms with Crippen molar-refractivity contribution in [2.24, 2.45) is 0 Å². The molecule has 0 radical (unpaired) electrons. The van der Waals surface area contributed by atoms with Gasteiger partial charge >= 0.3 is 6.09 Å². The van der Waals surface area contributed by atoms with E-state index in [2.05, 4.69) is 5.32 Å². The Morgan fingerprint density at radius 1 is 1.47 bits per heavy atom. The second-order valence-corrected chi connectivity index (χ2v) is 5.38. The third kappa shape index (κ3) is 4.91. The van der Waals surface area contributed by atoms with Crippen LogP contribution in [0.25, 0.3) is 0 Å². The topological polar surface area (TPSA) is 61.8 Å². The summed E-state index contributed by atoms with van der Waals surface area (Å²) in [5.41, 5.74) is -0.424. The summed E-state index contributed by atoms with van der Waals surface area (Å²) in [6.07, 6.45) is 1.75. The number of amides is 1. The largest absolute Gasteiger partial charge is 0.444 e. The van der Waals surface area contributed by atoms with Crippen LogP contribution in [0.5, 0.6) is 0 Å². The van der Waals surface area contributed by atoms with Crippen LogP contribution in [0.3, 0.4) is 0 Å². The number of nitrogens with one attached hydrogen (secondary N) is 1. The Kier molecular flexibility index (Phi) is 5.21. The Morgan fingerprint density at radius 3 is 2.65 bits per heavy atom. The molecule has 0 aromatic heterocycles. The highest BCUT2D eigenvalue weighted by atomic mass is 16.6. The zero-order valence-corrected chi connectivity index (χ0v) is 11.0. The fraction of sp³-hybridized carbons (Fsp3) is 0.917. The SMILES string of the molecule is CC(C)(C)OC(=O)N1CCC1CCNCCO. The normalized spacial score (nSPS) is 20.0. The van der Waals surface area contributed by atoms with Crippen molar-refractivity contribution < 1.29 is 14.6 Å². The quantitative estimate of drug-likeness (QED) is 0.707. The summed E-state index contributed by atoms with van der Waals surface area (Å²) in [5, 5.41) is 11.7. The first kappa shape index (κ1) is 14.3. The number of aliphatic hydroxyl groups excluding tert-OH is 1. The molecule has 0 bridgehead atoms. The lowest BCUT2D eigenvalue weighted by atomic mass is 10.0. The molecule has 1 amide bonds. The van der Waals surface area contributed by atoms with Crippen molar-refractivity contribution in [2.75, 3.05) is 26.2 Å². The molecule has 1 saturated heterocycles.